The van der Waals surface area contributed by atoms with Gasteiger partial charge < -0.3 is 4.74 Å². The predicted molar refractivity (Wildman–Crippen MR) is 79.2 cm³/mol. The summed E-state index contributed by atoms with van der Waals surface area (Å²) in [7, 11) is 0. The van der Waals surface area contributed by atoms with Crippen molar-refractivity contribution in [3.05, 3.63) is 46.5 Å². The smallest absolute Gasteiger partial charge is 0.412 e. The summed E-state index contributed by atoms with van der Waals surface area (Å²) in [5, 5.41) is 13.1. The molecule has 1 aromatic rings. The van der Waals surface area contributed by atoms with Crippen molar-refractivity contribution in [1.29, 1.82) is 0 Å². The van der Waals surface area contributed by atoms with Gasteiger partial charge in [-0.05, 0) is 43.9 Å². The lowest BCUT2D eigenvalue weighted by Gasteiger charge is -2.16. The van der Waals surface area contributed by atoms with Crippen LogP contribution in [0.1, 0.15) is 32.1 Å². The number of carbonyl (C=O) groups is 1. The van der Waals surface area contributed by atoms with E-state index in [1.54, 1.807) is 0 Å². The Labute approximate surface area is 122 Å². The summed E-state index contributed by atoms with van der Waals surface area (Å²) < 4.78 is 5.34. The Balaban J connectivity index is 1.88. The van der Waals surface area contributed by atoms with Crippen molar-refractivity contribution < 1.29 is 14.5 Å². The lowest BCUT2D eigenvalue weighted by atomic mass is 10.0. The molecule has 1 N–H and O–H groups in total. The molecule has 1 aliphatic carbocycles. The largest absolute Gasteiger partial charge is 0.442 e. The van der Waals surface area contributed by atoms with E-state index in [0.29, 0.717) is 5.69 Å². The van der Waals surface area contributed by atoms with Crippen molar-refractivity contribution in [2.24, 2.45) is 0 Å². The van der Waals surface area contributed by atoms with Gasteiger partial charge in [-0.15, -0.1) is 0 Å². The molecule has 0 spiro atoms. The molecule has 0 radical (unpaired) electrons. The second-order valence-corrected chi connectivity index (χ2v) is 4.94. The predicted octanol–water partition coefficient (Wildman–Crippen LogP) is 4.03. The monoisotopic (exact) mass is 290 g/mol. The van der Waals surface area contributed by atoms with Gasteiger partial charge in [-0.25, -0.2) is 4.79 Å². The summed E-state index contributed by atoms with van der Waals surface area (Å²) in [5.41, 5.74) is 0.456. The van der Waals surface area contributed by atoms with Gasteiger partial charge in [0.05, 0.1) is 4.92 Å². The Morgan fingerprint density at radius 1 is 1.24 bits per heavy atom. The van der Waals surface area contributed by atoms with Crippen LogP contribution in [0.25, 0.3) is 0 Å². The van der Waals surface area contributed by atoms with Gasteiger partial charge in [-0.1, -0.05) is 12.5 Å². The van der Waals surface area contributed by atoms with Crippen molar-refractivity contribution >= 4 is 17.5 Å². The first kappa shape index (κ1) is 15.0. The second-order valence-electron chi connectivity index (χ2n) is 4.94. The van der Waals surface area contributed by atoms with E-state index in [1.807, 2.05) is 12.2 Å². The van der Waals surface area contributed by atoms with Crippen molar-refractivity contribution in [2.75, 3.05) is 5.32 Å². The van der Waals surface area contributed by atoms with E-state index in [-0.39, 0.29) is 11.8 Å². The van der Waals surface area contributed by atoms with E-state index >= 15 is 0 Å². The quantitative estimate of drug-likeness (QED) is 0.517. The molecule has 1 aromatic carbocycles. The minimum absolute atomic E-state index is 0.0168. The molecule has 1 unspecified atom stereocenters. The third-order valence-corrected chi connectivity index (χ3v) is 3.29. The number of nitro benzene ring substituents is 1. The molecule has 1 atom stereocenters. The SMILES string of the molecule is O=C(Nc1ccc([N+](=O)[O-])cc1)OC1/C=C/CCCCC1. The number of carbonyl (C=O) groups excluding carboxylic acids is 1. The number of benzene rings is 1. The van der Waals surface area contributed by atoms with Crippen LogP contribution in [0, 0.1) is 10.1 Å². The lowest BCUT2D eigenvalue weighted by Crippen LogP contribution is -2.21. The van der Waals surface area contributed by atoms with Gasteiger partial charge in [0.1, 0.15) is 6.10 Å². The highest BCUT2D eigenvalue weighted by Crippen LogP contribution is 2.17. The molecule has 6 heteroatoms. The van der Waals surface area contributed by atoms with Gasteiger partial charge >= 0.3 is 6.09 Å². The van der Waals surface area contributed by atoms with Gasteiger partial charge in [-0.3, -0.25) is 15.4 Å². The van der Waals surface area contributed by atoms with Crippen LogP contribution < -0.4 is 5.32 Å². The highest BCUT2D eigenvalue weighted by Gasteiger charge is 2.13. The Bertz CT molecular complexity index is 525. The standard InChI is InChI=1S/C15H18N2O4/c18-15(21-14-6-4-2-1-3-5-7-14)16-12-8-10-13(11-9-12)17(19)20/h4,6,8-11,14H,1-3,5,7H2,(H,16,18)/b6-4+. The third-order valence-electron chi connectivity index (χ3n) is 3.29. The summed E-state index contributed by atoms with van der Waals surface area (Å²) in [4.78, 5) is 21.9. The van der Waals surface area contributed by atoms with E-state index in [0.717, 1.165) is 25.7 Å². The zero-order valence-electron chi connectivity index (χ0n) is 11.7. The van der Waals surface area contributed by atoms with Crippen molar-refractivity contribution in [2.45, 2.75) is 38.2 Å². The molecule has 2 rings (SSSR count). The average Bonchev–Trinajstić information content (AvgIpc) is 2.42. The third kappa shape index (κ3) is 4.91. The van der Waals surface area contributed by atoms with Crippen LogP contribution >= 0.6 is 0 Å². The second kappa shape index (κ2) is 7.42. The maximum Gasteiger partial charge on any atom is 0.412 e. The molecule has 0 heterocycles. The first-order valence-corrected chi connectivity index (χ1v) is 7.04. The Hall–Kier alpha value is -2.37. The molecule has 1 amide bonds. The maximum atomic E-state index is 11.8. The van der Waals surface area contributed by atoms with E-state index in [9.17, 15) is 14.9 Å². The molecular formula is C15H18N2O4. The van der Waals surface area contributed by atoms with Gasteiger partial charge in [0.25, 0.3) is 5.69 Å². The van der Waals surface area contributed by atoms with Gasteiger partial charge in [-0.2, -0.15) is 0 Å². The fourth-order valence-electron chi connectivity index (χ4n) is 2.18. The number of hydrogen-bond donors (Lipinski definition) is 1. The van der Waals surface area contributed by atoms with Crippen LogP contribution in [0.3, 0.4) is 0 Å². The Morgan fingerprint density at radius 2 is 2.00 bits per heavy atom. The molecule has 21 heavy (non-hydrogen) atoms. The van der Waals surface area contributed by atoms with Crippen LogP contribution in [0.5, 0.6) is 0 Å². The number of nitrogens with one attached hydrogen (secondary N) is 1. The van der Waals surface area contributed by atoms with Gasteiger partial charge in [0.2, 0.25) is 0 Å². The molecule has 112 valence electrons. The average molecular weight is 290 g/mol. The summed E-state index contributed by atoms with van der Waals surface area (Å²) >= 11 is 0. The summed E-state index contributed by atoms with van der Waals surface area (Å²) in [6.07, 6.45) is 8.43. The number of rotatable bonds is 3. The number of hydrogen-bond acceptors (Lipinski definition) is 4. The Morgan fingerprint density at radius 3 is 2.71 bits per heavy atom. The highest BCUT2D eigenvalue weighted by molar-refractivity contribution is 5.84. The normalized spacial score (nSPS) is 19.9. The van der Waals surface area contributed by atoms with Crippen LogP contribution in [0.15, 0.2) is 36.4 Å². The number of anilines is 1. The fraction of sp³-hybridized carbons (Fsp3) is 0.400. The minimum Gasteiger partial charge on any atom is -0.442 e. The first-order valence-electron chi connectivity index (χ1n) is 7.04. The van der Waals surface area contributed by atoms with Gasteiger partial charge in [0, 0.05) is 17.8 Å². The van der Waals surface area contributed by atoms with Gasteiger partial charge in [0.15, 0.2) is 0 Å². The number of ether oxygens (including phenoxy) is 1. The number of nitrogens with zero attached hydrogens (tertiary/aromatic N) is 1. The van der Waals surface area contributed by atoms with Crippen LogP contribution in [0.4, 0.5) is 16.2 Å². The first-order chi connectivity index (χ1) is 10.1. The summed E-state index contributed by atoms with van der Waals surface area (Å²) in [5.74, 6) is 0. The van der Waals surface area contributed by atoms with E-state index < -0.39 is 11.0 Å². The molecule has 0 fully saturated rings. The van der Waals surface area contributed by atoms with E-state index in [2.05, 4.69) is 5.32 Å². The van der Waals surface area contributed by atoms with Crippen molar-refractivity contribution in [3.8, 4) is 0 Å². The molecule has 6 nitrogen and oxygen atoms in total. The molecule has 0 bridgehead atoms. The van der Waals surface area contributed by atoms with E-state index in [4.69, 9.17) is 4.74 Å². The van der Waals surface area contributed by atoms with Crippen molar-refractivity contribution in [3.63, 3.8) is 0 Å². The van der Waals surface area contributed by atoms with Crippen LogP contribution in [-0.4, -0.2) is 17.1 Å². The zero-order valence-corrected chi connectivity index (χ0v) is 11.7. The number of allylic oxidation sites excluding steroid dienone is 1. The molecule has 0 saturated heterocycles. The van der Waals surface area contributed by atoms with Crippen LogP contribution in [-0.2, 0) is 4.74 Å². The fourth-order valence-corrected chi connectivity index (χ4v) is 2.18. The minimum atomic E-state index is -0.543. The maximum absolute atomic E-state index is 11.8. The summed E-state index contributed by atoms with van der Waals surface area (Å²) in [6.45, 7) is 0. The van der Waals surface area contributed by atoms with Crippen molar-refractivity contribution in [1.82, 2.24) is 0 Å². The molecular weight excluding hydrogens is 272 g/mol. The molecule has 1 aliphatic rings. The molecule has 0 saturated carbocycles. The number of non-ortho nitro benzene ring substituents is 1. The lowest BCUT2D eigenvalue weighted by molar-refractivity contribution is -0.384. The number of nitro groups is 1. The van der Waals surface area contributed by atoms with Crippen LogP contribution in [0.2, 0.25) is 0 Å². The molecule has 0 aromatic heterocycles. The van der Waals surface area contributed by atoms with E-state index in [1.165, 1.54) is 30.7 Å². The number of amides is 1. The highest BCUT2D eigenvalue weighted by atomic mass is 16.6. The zero-order chi connectivity index (χ0) is 15.1. The summed E-state index contributed by atoms with van der Waals surface area (Å²) in [6, 6.07) is 5.64. The topological polar surface area (TPSA) is 81.5 Å². The Kier molecular flexibility index (Phi) is 5.31. The molecule has 0 aliphatic heterocycles.